The highest BCUT2D eigenvalue weighted by Gasteiger charge is 2.21. The Labute approximate surface area is 141 Å². The van der Waals surface area contributed by atoms with Crippen molar-refractivity contribution >= 4 is 14.0 Å². The molecule has 6 heteroatoms. The highest BCUT2D eigenvalue weighted by molar-refractivity contribution is 6.76. The van der Waals surface area contributed by atoms with Gasteiger partial charge >= 0.3 is 0 Å². The first-order chi connectivity index (χ1) is 10.8. The third-order valence-electron chi connectivity index (χ3n) is 4.54. The average molecular weight is 338 g/mol. The first kappa shape index (κ1) is 18.2. The second kappa shape index (κ2) is 7.62. The summed E-state index contributed by atoms with van der Waals surface area (Å²) in [4.78, 5) is 13.9. The summed E-state index contributed by atoms with van der Waals surface area (Å²) in [6.07, 6.45) is 2.52. The molecule has 0 bridgehead atoms. The van der Waals surface area contributed by atoms with Crippen LogP contribution in [0.5, 0.6) is 0 Å². The lowest BCUT2D eigenvalue weighted by molar-refractivity contribution is -0.134. The second-order valence-electron chi connectivity index (χ2n) is 7.73. The molecule has 1 aromatic rings. The van der Waals surface area contributed by atoms with Crippen molar-refractivity contribution in [1.29, 1.82) is 0 Å². The fraction of sp³-hybridized carbons (Fsp3) is 0.765. The predicted octanol–water partition coefficient (Wildman–Crippen LogP) is 2.98. The maximum Gasteiger partial charge on any atom is 0.222 e. The molecule has 0 saturated carbocycles. The first-order valence-electron chi connectivity index (χ1n) is 8.66. The number of ether oxygens (including phenoxy) is 1. The summed E-state index contributed by atoms with van der Waals surface area (Å²) in [5.41, 5.74) is 3.35. The van der Waals surface area contributed by atoms with Gasteiger partial charge in [-0.05, 0) is 38.3 Å². The maximum atomic E-state index is 12.0. The van der Waals surface area contributed by atoms with Crippen molar-refractivity contribution in [3.63, 3.8) is 0 Å². The fourth-order valence-electron chi connectivity index (χ4n) is 2.71. The summed E-state index contributed by atoms with van der Waals surface area (Å²) in [5, 5.41) is 4.58. The van der Waals surface area contributed by atoms with E-state index in [-0.39, 0.29) is 5.91 Å². The molecule has 1 aliphatic rings. The van der Waals surface area contributed by atoms with Gasteiger partial charge in [-0.3, -0.25) is 4.79 Å². The Morgan fingerprint density at radius 3 is 2.52 bits per heavy atom. The van der Waals surface area contributed by atoms with E-state index in [1.165, 1.54) is 11.6 Å². The van der Waals surface area contributed by atoms with Crippen molar-refractivity contribution in [2.24, 2.45) is 0 Å². The molecule has 0 spiro atoms. The van der Waals surface area contributed by atoms with Gasteiger partial charge in [0.05, 0.1) is 5.69 Å². The molecule has 1 aliphatic heterocycles. The van der Waals surface area contributed by atoms with E-state index in [9.17, 15) is 4.79 Å². The molecule has 0 atom stereocenters. The Morgan fingerprint density at radius 1 is 1.26 bits per heavy atom. The van der Waals surface area contributed by atoms with Gasteiger partial charge in [0.25, 0.3) is 0 Å². The summed E-state index contributed by atoms with van der Waals surface area (Å²) in [7, 11) is -1.05. The van der Waals surface area contributed by atoms with E-state index < -0.39 is 8.07 Å². The van der Waals surface area contributed by atoms with Crippen molar-refractivity contribution in [2.75, 3.05) is 19.7 Å². The third-order valence-corrected chi connectivity index (χ3v) is 6.24. The Morgan fingerprint density at radius 2 is 1.96 bits per heavy atom. The van der Waals surface area contributed by atoms with Gasteiger partial charge < -0.3 is 9.64 Å². The Bertz CT molecular complexity index is 545. The molecule has 1 aromatic heterocycles. The number of aryl methyl sites for hydroxylation is 1. The van der Waals surface area contributed by atoms with Gasteiger partial charge in [0.2, 0.25) is 5.91 Å². The molecule has 0 aliphatic carbocycles. The van der Waals surface area contributed by atoms with Crippen LogP contribution in [0.3, 0.4) is 0 Å². The molecule has 130 valence electrons. The zero-order chi connectivity index (χ0) is 17.0. The second-order valence-corrected chi connectivity index (χ2v) is 13.4. The number of amides is 1. The molecule has 2 heterocycles. The van der Waals surface area contributed by atoms with Crippen LogP contribution >= 0.6 is 0 Å². The van der Waals surface area contributed by atoms with E-state index in [4.69, 9.17) is 4.74 Å². The van der Waals surface area contributed by atoms with Crippen LogP contribution in [0.2, 0.25) is 25.7 Å². The highest BCUT2D eigenvalue weighted by Crippen LogP contribution is 2.17. The van der Waals surface area contributed by atoms with Gasteiger partial charge in [-0.15, -0.1) is 0 Å². The summed E-state index contributed by atoms with van der Waals surface area (Å²) < 4.78 is 7.73. The minimum Gasteiger partial charge on any atom is -0.360 e. The molecule has 5 nitrogen and oxygen atoms in total. The minimum absolute atomic E-state index is 0.272. The van der Waals surface area contributed by atoms with Crippen LogP contribution in [0.4, 0.5) is 0 Å². The van der Waals surface area contributed by atoms with Crippen molar-refractivity contribution in [3.8, 4) is 0 Å². The standard InChI is InChI=1S/C17H31N3O2Si/c1-14-16(7-8-17(21)19-9-6-10-19)15(2)20(18-14)13-22-11-12-23(3,4)5/h6-13H2,1-5H3. The summed E-state index contributed by atoms with van der Waals surface area (Å²) in [6, 6.07) is 1.17. The molecule has 0 N–H and O–H groups in total. The van der Waals surface area contributed by atoms with Crippen LogP contribution < -0.4 is 0 Å². The minimum atomic E-state index is -1.05. The monoisotopic (exact) mass is 337 g/mol. The number of hydrogen-bond acceptors (Lipinski definition) is 3. The number of nitrogens with zero attached hydrogens (tertiary/aromatic N) is 3. The third kappa shape index (κ3) is 5.17. The van der Waals surface area contributed by atoms with E-state index >= 15 is 0 Å². The number of rotatable bonds is 8. The van der Waals surface area contributed by atoms with Crippen LogP contribution in [0.15, 0.2) is 0 Å². The lowest BCUT2D eigenvalue weighted by Gasteiger charge is -2.30. The van der Waals surface area contributed by atoms with Crippen LogP contribution in [-0.2, 0) is 22.7 Å². The van der Waals surface area contributed by atoms with Gasteiger partial charge in [-0.25, -0.2) is 4.68 Å². The quantitative estimate of drug-likeness (QED) is 0.541. The van der Waals surface area contributed by atoms with Crippen LogP contribution in [0.25, 0.3) is 0 Å². The molecular formula is C17H31N3O2Si. The average Bonchev–Trinajstić information content (AvgIpc) is 2.64. The summed E-state index contributed by atoms with van der Waals surface area (Å²) >= 11 is 0. The molecule has 1 saturated heterocycles. The molecular weight excluding hydrogens is 306 g/mol. The van der Waals surface area contributed by atoms with Crippen molar-refractivity contribution in [3.05, 3.63) is 17.0 Å². The Hall–Kier alpha value is -1.14. The molecule has 23 heavy (non-hydrogen) atoms. The number of likely N-dealkylation sites (tertiary alicyclic amines) is 1. The van der Waals surface area contributed by atoms with Crippen molar-refractivity contribution in [2.45, 2.75) is 65.5 Å². The molecule has 1 amide bonds. The Balaban J connectivity index is 1.84. The normalized spacial score (nSPS) is 14.9. The molecule has 0 radical (unpaired) electrons. The van der Waals surface area contributed by atoms with E-state index in [1.807, 2.05) is 16.5 Å². The van der Waals surface area contributed by atoms with Crippen LogP contribution in [0.1, 0.15) is 29.8 Å². The summed E-state index contributed by atoms with van der Waals surface area (Å²) in [5.74, 6) is 0.272. The van der Waals surface area contributed by atoms with E-state index in [2.05, 4.69) is 31.7 Å². The van der Waals surface area contributed by atoms with E-state index in [0.29, 0.717) is 13.2 Å². The van der Waals surface area contributed by atoms with E-state index in [1.54, 1.807) is 0 Å². The van der Waals surface area contributed by atoms with Crippen molar-refractivity contribution in [1.82, 2.24) is 14.7 Å². The van der Waals surface area contributed by atoms with Gasteiger partial charge in [0.1, 0.15) is 6.73 Å². The largest absolute Gasteiger partial charge is 0.360 e. The predicted molar refractivity (Wildman–Crippen MR) is 95.3 cm³/mol. The molecule has 0 aromatic carbocycles. The summed E-state index contributed by atoms with van der Waals surface area (Å²) in [6.45, 7) is 14.3. The smallest absolute Gasteiger partial charge is 0.222 e. The zero-order valence-electron chi connectivity index (χ0n) is 15.3. The van der Waals surface area contributed by atoms with Crippen molar-refractivity contribution < 1.29 is 9.53 Å². The topological polar surface area (TPSA) is 47.4 Å². The Kier molecular flexibility index (Phi) is 6.03. The lowest BCUT2D eigenvalue weighted by Crippen LogP contribution is -2.42. The number of aromatic nitrogens is 2. The maximum absolute atomic E-state index is 12.0. The van der Waals surface area contributed by atoms with Crippen LogP contribution in [-0.4, -0.2) is 48.4 Å². The zero-order valence-corrected chi connectivity index (χ0v) is 16.3. The van der Waals surface area contributed by atoms with E-state index in [0.717, 1.165) is 43.9 Å². The number of carbonyl (C=O) groups excluding carboxylic acids is 1. The number of carbonyl (C=O) groups is 1. The van der Waals surface area contributed by atoms with Crippen LogP contribution in [0, 0.1) is 13.8 Å². The molecule has 1 fully saturated rings. The van der Waals surface area contributed by atoms with Gasteiger partial charge in [0, 0.05) is 39.9 Å². The van der Waals surface area contributed by atoms with Gasteiger partial charge in [-0.2, -0.15) is 5.10 Å². The molecule has 0 unspecified atom stereocenters. The van der Waals surface area contributed by atoms with Gasteiger partial charge in [0.15, 0.2) is 0 Å². The fourth-order valence-corrected chi connectivity index (χ4v) is 3.46. The number of hydrogen-bond donors (Lipinski definition) is 0. The first-order valence-corrected chi connectivity index (χ1v) is 12.4. The molecule has 2 rings (SSSR count). The highest BCUT2D eigenvalue weighted by atomic mass is 28.3. The lowest BCUT2D eigenvalue weighted by atomic mass is 10.1. The van der Waals surface area contributed by atoms with Gasteiger partial charge in [-0.1, -0.05) is 19.6 Å². The SMILES string of the molecule is Cc1nn(COCC[Si](C)(C)C)c(C)c1CCC(=O)N1CCC1.